The van der Waals surface area contributed by atoms with Crippen molar-refractivity contribution in [2.75, 3.05) is 38.8 Å². The van der Waals surface area contributed by atoms with Gasteiger partial charge in [-0.3, -0.25) is 0 Å². The van der Waals surface area contributed by atoms with E-state index in [2.05, 4.69) is 6.92 Å². The first-order valence-electron chi connectivity index (χ1n) is 7.46. The summed E-state index contributed by atoms with van der Waals surface area (Å²) in [6, 6.07) is 7.36. The van der Waals surface area contributed by atoms with Crippen molar-refractivity contribution in [1.29, 1.82) is 0 Å². The summed E-state index contributed by atoms with van der Waals surface area (Å²) in [5.41, 5.74) is 6.33. The molecule has 0 aromatic heterocycles. The zero-order valence-corrected chi connectivity index (χ0v) is 12.5. The Morgan fingerprint density at radius 1 is 0.800 bits per heavy atom. The van der Waals surface area contributed by atoms with Crippen molar-refractivity contribution < 1.29 is 14.2 Å². The van der Waals surface area contributed by atoms with Gasteiger partial charge in [-0.2, -0.15) is 0 Å². The molecular weight excluding hydrogens is 254 g/mol. The van der Waals surface area contributed by atoms with Gasteiger partial charge in [0.15, 0.2) is 0 Å². The highest BCUT2D eigenvalue weighted by Crippen LogP contribution is 2.12. The fourth-order valence-electron chi connectivity index (χ4n) is 1.74. The average molecular weight is 281 g/mol. The molecule has 0 spiro atoms. The number of nitrogen functional groups attached to an aromatic ring is 1. The maximum atomic E-state index is 5.59. The minimum absolute atomic E-state index is 0.542. The molecule has 0 saturated carbocycles. The summed E-state index contributed by atoms with van der Waals surface area (Å²) in [6.45, 7) is 5.45. The first-order valence-corrected chi connectivity index (χ1v) is 7.46. The van der Waals surface area contributed by atoms with Crippen LogP contribution in [0.15, 0.2) is 24.3 Å². The Hall–Kier alpha value is -1.26. The van der Waals surface area contributed by atoms with Gasteiger partial charge in [-0.25, -0.2) is 0 Å². The van der Waals surface area contributed by atoms with E-state index >= 15 is 0 Å². The molecule has 1 aromatic rings. The first-order chi connectivity index (χ1) is 9.83. The molecule has 20 heavy (non-hydrogen) atoms. The molecule has 114 valence electrons. The summed E-state index contributed by atoms with van der Waals surface area (Å²) < 4.78 is 16.4. The van der Waals surface area contributed by atoms with Crippen LogP contribution in [0.2, 0.25) is 0 Å². The fraction of sp³-hybridized carbons (Fsp3) is 0.625. The lowest BCUT2D eigenvalue weighted by Gasteiger charge is -2.08. The zero-order valence-electron chi connectivity index (χ0n) is 12.5. The van der Waals surface area contributed by atoms with E-state index in [0.29, 0.717) is 26.4 Å². The van der Waals surface area contributed by atoms with Gasteiger partial charge >= 0.3 is 0 Å². The van der Waals surface area contributed by atoms with E-state index < -0.39 is 0 Å². The predicted molar refractivity (Wildman–Crippen MR) is 82.1 cm³/mol. The molecule has 1 rings (SSSR count). The van der Waals surface area contributed by atoms with Crippen LogP contribution in [0.25, 0.3) is 0 Å². The van der Waals surface area contributed by atoms with Gasteiger partial charge in [-0.05, 0) is 30.7 Å². The van der Waals surface area contributed by atoms with Crippen LogP contribution in [0, 0.1) is 0 Å². The molecule has 0 bridgehead atoms. The zero-order chi connectivity index (χ0) is 14.5. The summed E-state index contributed by atoms with van der Waals surface area (Å²) in [5, 5.41) is 0. The second kappa shape index (κ2) is 11.6. The van der Waals surface area contributed by atoms with Gasteiger partial charge in [-0.1, -0.05) is 26.2 Å². The number of hydrogen-bond acceptors (Lipinski definition) is 4. The molecule has 0 saturated heterocycles. The largest absolute Gasteiger partial charge is 0.491 e. The van der Waals surface area contributed by atoms with Crippen LogP contribution in [0.5, 0.6) is 5.75 Å². The van der Waals surface area contributed by atoms with Crippen LogP contribution in [0.4, 0.5) is 5.69 Å². The van der Waals surface area contributed by atoms with Crippen molar-refractivity contribution in [1.82, 2.24) is 0 Å². The molecule has 4 heteroatoms. The van der Waals surface area contributed by atoms with Crippen LogP contribution >= 0.6 is 0 Å². The van der Waals surface area contributed by atoms with Gasteiger partial charge in [-0.15, -0.1) is 0 Å². The van der Waals surface area contributed by atoms with Crippen LogP contribution in [-0.4, -0.2) is 33.0 Å². The summed E-state index contributed by atoms with van der Waals surface area (Å²) >= 11 is 0. The van der Waals surface area contributed by atoms with E-state index in [-0.39, 0.29) is 0 Å². The summed E-state index contributed by atoms with van der Waals surface area (Å²) in [5.74, 6) is 0.815. The van der Waals surface area contributed by atoms with Gasteiger partial charge in [0, 0.05) is 12.3 Å². The standard InChI is InChI=1S/C16H27NO3/c1-2-3-4-5-10-18-11-12-19-13-14-20-16-8-6-15(17)7-9-16/h6-9H,2-5,10-14,17H2,1H3. The Morgan fingerprint density at radius 3 is 2.15 bits per heavy atom. The summed E-state index contributed by atoms with van der Waals surface area (Å²) in [7, 11) is 0. The van der Waals surface area contributed by atoms with E-state index in [1.54, 1.807) is 0 Å². The third-order valence-electron chi connectivity index (χ3n) is 2.89. The van der Waals surface area contributed by atoms with Gasteiger partial charge in [0.25, 0.3) is 0 Å². The molecule has 0 heterocycles. The van der Waals surface area contributed by atoms with E-state index in [0.717, 1.165) is 24.5 Å². The van der Waals surface area contributed by atoms with E-state index in [1.165, 1.54) is 19.3 Å². The van der Waals surface area contributed by atoms with Crippen molar-refractivity contribution in [3.8, 4) is 5.75 Å². The third-order valence-corrected chi connectivity index (χ3v) is 2.89. The molecule has 0 amide bonds. The maximum Gasteiger partial charge on any atom is 0.119 e. The van der Waals surface area contributed by atoms with Crippen LogP contribution in [-0.2, 0) is 9.47 Å². The number of anilines is 1. The van der Waals surface area contributed by atoms with Crippen LogP contribution < -0.4 is 10.5 Å². The Morgan fingerprint density at radius 2 is 1.45 bits per heavy atom. The average Bonchev–Trinajstić information content (AvgIpc) is 2.47. The Bertz CT molecular complexity index is 327. The molecule has 0 unspecified atom stereocenters. The molecule has 0 fully saturated rings. The number of rotatable bonds is 12. The summed E-state index contributed by atoms with van der Waals surface area (Å²) in [4.78, 5) is 0. The molecule has 2 N–H and O–H groups in total. The molecule has 0 radical (unpaired) electrons. The van der Waals surface area contributed by atoms with Crippen molar-refractivity contribution in [2.45, 2.75) is 32.6 Å². The molecule has 0 aliphatic carbocycles. The highest BCUT2D eigenvalue weighted by Gasteiger charge is 1.94. The molecule has 0 atom stereocenters. The SMILES string of the molecule is CCCCCCOCCOCCOc1ccc(N)cc1. The minimum atomic E-state index is 0.542. The summed E-state index contributed by atoms with van der Waals surface area (Å²) in [6.07, 6.45) is 4.96. The lowest BCUT2D eigenvalue weighted by atomic mass is 10.2. The van der Waals surface area contributed by atoms with E-state index in [9.17, 15) is 0 Å². The van der Waals surface area contributed by atoms with Gasteiger partial charge in [0.2, 0.25) is 0 Å². The lowest BCUT2D eigenvalue weighted by molar-refractivity contribution is 0.0352. The van der Waals surface area contributed by atoms with Gasteiger partial charge in [0.1, 0.15) is 12.4 Å². The second-order valence-corrected chi connectivity index (χ2v) is 4.70. The lowest BCUT2D eigenvalue weighted by Crippen LogP contribution is -2.11. The van der Waals surface area contributed by atoms with Crippen molar-refractivity contribution in [3.63, 3.8) is 0 Å². The molecular formula is C16H27NO3. The van der Waals surface area contributed by atoms with Gasteiger partial charge in [0.05, 0.1) is 19.8 Å². The van der Waals surface area contributed by atoms with Crippen LogP contribution in [0.3, 0.4) is 0 Å². The second-order valence-electron chi connectivity index (χ2n) is 4.70. The van der Waals surface area contributed by atoms with Crippen molar-refractivity contribution in [3.05, 3.63) is 24.3 Å². The first kappa shape index (κ1) is 16.8. The normalized spacial score (nSPS) is 10.7. The quantitative estimate of drug-likeness (QED) is 0.472. The highest BCUT2D eigenvalue weighted by molar-refractivity contribution is 5.41. The number of benzene rings is 1. The highest BCUT2D eigenvalue weighted by atomic mass is 16.5. The molecule has 1 aromatic carbocycles. The van der Waals surface area contributed by atoms with Crippen molar-refractivity contribution in [2.24, 2.45) is 0 Å². The Labute approximate surface area is 122 Å². The number of ether oxygens (including phenoxy) is 3. The van der Waals surface area contributed by atoms with Crippen LogP contribution in [0.1, 0.15) is 32.6 Å². The predicted octanol–water partition coefficient (Wildman–Crippen LogP) is 3.26. The van der Waals surface area contributed by atoms with Gasteiger partial charge < -0.3 is 19.9 Å². The monoisotopic (exact) mass is 281 g/mol. The smallest absolute Gasteiger partial charge is 0.119 e. The Kier molecular flexibility index (Phi) is 9.70. The Balaban J connectivity index is 1.84. The molecule has 4 nitrogen and oxygen atoms in total. The topological polar surface area (TPSA) is 53.7 Å². The maximum absolute atomic E-state index is 5.59. The molecule has 0 aliphatic rings. The van der Waals surface area contributed by atoms with Crippen molar-refractivity contribution >= 4 is 5.69 Å². The van der Waals surface area contributed by atoms with E-state index in [4.69, 9.17) is 19.9 Å². The number of unbranched alkanes of at least 4 members (excludes halogenated alkanes) is 3. The van der Waals surface area contributed by atoms with E-state index in [1.807, 2.05) is 24.3 Å². The number of hydrogen-bond donors (Lipinski definition) is 1. The molecule has 0 aliphatic heterocycles. The fourth-order valence-corrected chi connectivity index (χ4v) is 1.74. The minimum Gasteiger partial charge on any atom is -0.491 e. The third kappa shape index (κ3) is 8.77. The number of nitrogens with two attached hydrogens (primary N) is 1.